The Labute approximate surface area is 183 Å². The number of rotatable bonds is 8. The maximum atomic E-state index is 13.7. The average Bonchev–Trinajstić information content (AvgIpc) is 3.51. The highest BCUT2D eigenvalue weighted by atomic mass is 32.2. The monoisotopic (exact) mass is 459 g/mol. The van der Waals surface area contributed by atoms with Crippen LogP contribution in [-0.4, -0.2) is 31.7 Å². The van der Waals surface area contributed by atoms with Crippen LogP contribution in [0.3, 0.4) is 0 Å². The van der Waals surface area contributed by atoms with Gasteiger partial charge in [-0.1, -0.05) is 60.2 Å². The number of nitrogens with zero attached hydrogens (tertiary/aromatic N) is 1. The van der Waals surface area contributed by atoms with Crippen molar-refractivity contribution in [3.05, 3.63) is 77.9 Å². The highest BCUT2D eigenvalue weighted by Crippen LogP contribution is 2.69. The summed E-state index contributed by atoms with van der Waals surface area (Å²) in [5, 5.41) is 1.90. The van der Waals surface area contributed by atoms with E-state index in [-0.39, 0.29) is 18.1 Å². The van der Waals surface area contributed by atoms with E-state index >= 15 is 0 Å². The minimum absolute atomic E-state index is 0.158. The molecule has 0 saturated carbocycles. The Morgan fingerprint density at radius 2 is 1.52 bits per heavy atom. The third kappa shape index (κ3) is 3.97. The van der Waals surface area contributed by atoms with E-state index in [0.29, 0.717) is 0 Å². The van der Waals surface area contributed by atoms with Gasteiger partial charge in [-0.3, -0.25) is 4.57 Å². The van der Waals surface area contributed by atoms with Gasteiger partial charge in [0.1, 0.15) is 5.78 Å². The molecule has 0 radical (unpaired) electrons. The molecule has 0 aromatic heterocycles. The van der Waals surface area contributed by atoms with Gasteiger partial charge in [0.25, 0.3) is 0 Å². The van der Waals surface area contributed by atoms with Crippen molar-refractivity contribution in [3.63, 3.8) is 0 Å². The fraction of sp³-hybridized carbons (Fsp3) is 0.304. The summed E-state index contributed by atoms with van der Waals surface area (Å²) in [6, 6.07) is 19.5. The third-order valence-electron chi connectivity index (χ3n) is 5.41. The van der Waals surface area contributed by atoms with Crippen molar-refractivity contribution in [2.24, 2.45) is 0 Å². The summed E-state index contributed by atoms with van der Waals surface area (Å²) in [6.07, 6.45) is 0. The molecule has 0 spiro atoms. The Bertz CT molecular complexity index is 1230. The fourth-order valence-corrected chi connectivity index (χ4v) is 8.49. The van der Waals surface area contributed by atoms with E-state index < -0.39 is 29.4 Å². The topological polar surface area (TPSA) is 72.7 Å². The van der Waals surface area contributed by atoms with Gasteiger partial charge in [-0.15, -0.1) is 0 Å². The van der Waals surface area contributed by atoms with Crippen LogP contribution in [0.2, 0.25) is 0 Å². The first kappa shape index (κ1) is 22.2. The highest BCUT2D eigenvalue weighted by molar-refractivity contribution is 7.89. The predicted octanol–water partition coefficient (Wildman–Crippen LogP) is 5.49. The molecule has 0 amide bonds. The Kier molecular flexibility index (Phi) is 6.08. The maximum Gasteiger partial charge on any atom is 0.350 e. The largest absolute Gasteiger partial charge is 0.350 e. The predicted molar refractivity (Wildman–Crippen MR) is 122 cm³/mol. The number of fused-ring (bicyclic) bond motifs is 1. The lowest BCUT2D eigenvalue weighted by Crippen LogP contribution is -2.16. The van der Waals surface area contributed by atoms with Crippen LogP contribution in [0.4, 0.5) is 0 Å². The number of sulfonamides is 1. The van der Waals surface area contributed by atoms with E-state index in [4.69, 9.17) is 9.05 Å². The molecule has 1 aliphatic rings. The van der Waals surface area contributed by atoms with E-state index in [0.717, 1.165) is 21.9 Å². The molecule has 164 valence electrons. The molecule has 31 heavy (non-hydrogen) atoms. The molecule has 1 saturated heterocycles. The first-order chi connectivity index (χ1) is 14.8. The lowest BCUT2D eigenvalue weighted by atomic mass is 10.0. The van der Waals surface area contributed by atoms with Crippen molar-refractivity contribution in [2.45, 2.75) is 37.5 Å². The van der Waals surface area contributed by atoms with Gasteiger partial charge in [0.05, 0.1) is 24.2 Å². The van der Waals surface area contributed by atoms with E-state index in [2.05, 4.69) is 0 Å². The van der Waals surface area contributed by atoms with Crippen molar-refractivity contribution in [1.82, 2.24) is 4.31 Å². The third-order valence-corrected chi connectivity index (χ3v) is 9.86. The second-order valence-electron chi connectivity index (χ2n) is 7.45. The minimum atomic E-state index is -3.92. The lowest BCUT2D eigenvalue weighted by Gasteiger charge is -2.17. The second kappa shape index (κ2) is 8.49. The summed E-state index contributed by atoms with van der Waals surface area (Å²) in [4.78, 5) is 0.158. The normalized spacial score (nSPS) is 21.3. The van der Waals surface area contributed by atoms with Crippen LogP contribution in [0.15, 0.2) is 71.6 Å². The van der Waals surface area contributed by atoms with Crippen LogP contribution in [-0.2, 0) is 23.6 Å². The number of benzene rings is 3. The smallest absolute Gasteiger partial charge is 0.308 e. The maximum absolute atomic E-state index is 13.7. The zero-order valence-electron chi connectivity index (χ0n) is 17.8. The molecule has 8 heteroatoms. The first-order valence-electron chi connectivity index (χ1n) is 10.3. The molecule has 4 rings (SSSR count). The molecule has 1 fully saturated rings. The Morgan fingerprint density at radius 1 is 0.903 bits per heavy atom. The molecule has 1 heterocycles. The zero-order valence-corrected chi connectivity index (χ0v) is 19.5. The number of aryl methyl sites for hydroxylation is 1. The van der Waals surface area contributed by atoms with Crippen molar-refractivity contribution in [2.75, 3.05) is 13.2 Å². The molecule has 0 N–H and O–H groups in total. The summed E-state index contributed by atoms with van der Waals surface area (Å²) >= 11 is 0. The molecule has 0 bridgehead atoms. The van der Waals surface area contributed by atoms with Gasteiger partial charge >= 0.3 is 7.60 Å². The van der Waals surface area contributed by atoms with Crippen LogP contribution in [0.1, 0.15) is 31.0 Å². The van der Waals surface area contributed by atoms with Crippen molar-refractivity contribution in [1.29, 1.82) is 0 Å². The fourth-order valence-electron chi connectivity index (χ4n) is 3.99. The molecule has 3 aromatic carbocycles. The number of hydrogen-bond donors (Lipinski definition) is 0. The minimum Gasteiger partial charge on any atom is -0.308 e. The van der Waals surface area contributed by atoms with Gasteiger partial charge in [0.15, 0.2) is 0 Å². The van der Waals surface area contributed by atoms with Gasteiger partial charge in [-0.2, -0.15) is 4.31 Å². The summed E-state index contributed by atoms with van der Waals surface area (Å²) in [6.45, 7) is 5.66. The standard InChI is InChI=1S/C23H26NO5PS/c1-4-28-30(25,29-5-2)23-22(21-12-8-10-18-9-6-7-11-20(18)21)24(23)31(26,27)19-15-13-17(3)14-16-19/h6-16,22-23H,4-5H2,1-3H3. The highest BCUT2D eigenvalue weighted by Gasteiger charge is 2.66. The summed E-state index contributed by atoms with van der Waals surface area (Å²) in [7, 11) is -7.63. The van der Waals surface area contributed by atoms with E-state index in [1.165, 1.54) is 4.31 Å². The number of hydrogen-bond acceptors (Lipinski definition) is 5. The van der Waals surface area contributed by atoms with Gasteiger partial charge in [-0.05, 0) is 49.2 Å². The van der Waals surface area contributed by atoms with E-state index in [9.17, 15) is 13.0 Å². The average molecular weight is 460 g/mol. The SMILES string of the molecule is CCOP(=O)(OCC)C1C(c2cccc3ccccc23)N1S(=O)(=O)c1ccc(C)cc1. The van der Waals surface area contributed by atoms with Gasteiger partial charge in [0, 0.05) is 0 Å². The Morgan fingerprint density at radius 3 is 2.16 bits per heavy atom. The van der Waals surface area contributed by atoms with Crippen molar-refractivity contribution < 1.29 is 22.0 Å². The van der Waals surface area contributed by atoms with Crippen molar-refractivity contribution >= 4 is 28.4 Å². The Balaban J connectivity index is 1.86. The summed E-state index contributed by atoms with van der Waals surface area (Å²) in [5.74, 6) is -0.912. The zero-order chi connectivity index (χ0) is 22.2. The van der Waals surface area contributed by atoms with Gasteiger partial charge in [0.2, 0.25) is 10.0 Å². The summed E-state index contributed by atoms with van der Waals surface area (Å²) in [5.41, 5.74) is 1.75. The molecule has 3 atom stereocenters. The molecule has 3 unspecified atom stereocenters. The van der Waals surface area contributed by atoms with Gasteiger partial charge in [-0.25, -0.2) is 8.42 Å². The van der Waals surface area contributed by atoms with Crippen LogP contribution in [0, 0.1) is 6.92 Å². The van der Waals surface area contributed by atoms with Crippen molar-refractivity contribution in [3.8, 4) is 0 Å². The van der Waals surface area contributed by atoms with Crippen LogP contribution in [0.5, 0.6) is 0 Å². The van der Waals surface area contributed by atoms with Crippen LogP contribution in [0.25, 0.3) is 10.8 Å². The molecule has 0 aliphatic carbocycles. The van der Waals surface area contributed by atoms with E-state index in [1.807, 2.05) is 49.4 Å². The molecule has 1 aliphatic heterocycles. The molecule has 6 nitrogen and oxygen atoms in total. The van der Waals surface area contributed by atoms with Crippen LogP contribution >= 0.6 is 7.60 Å². The summed E-state index contributed by atoms with van der Waals surface area (Å²) < 4.78 is 53.3. The molecular weight excluding hydrogens is 433 g/mol. The quantitative estimate of drug-likeness (QED) is 0.329. The van der Waals surface area contributed by atoms with Crippen LogP contribution < -0.4 is 0 Å². The molecular formula is C23H26NO5PS. The Hall–Kier alpha value is -2.02. The molecule has 3 aromatic rings. The van der Waals surface area contributed by atoms with E-state index in [1.54, 1.807) is 38.1 Å². The first-order valence-corrected chi connectivity index (χ1v) is 13.4. The second-order valence-corrected chi connectivity index (χ2v) is 11.4. The van der Waals surface area contributed by atoms with Gasteiger partial charge < -0.3 is 9.05 Å². The lowest BCUT2D eigenvalue weighted by molar-refractivity contribution is 0.216.